The number of nitrogens with zero attached hydrogens (tertiary/aromatic N) is 5. The number of thiazole rings is 1. The van der Waals surface area contributed by atoms with Gasteiger partial charge in [-0.15, -0.1) is 11.3 Å². The number of hydrogen-bond acceptors (Lipinski definition) is 7. The van der Waals surface area contributed by atoms with Gasteiger partial charge >= 0.3 is 0 Å². The summed E-state index contributed by atoms with van der Waals surface area (Å²) in [7, 11) is 1.98. The third kappa shape index (κ3) is 2.92. The van der Waals surface area contributed by atoms with Gasteiger partial charge in [-0.1, -0.05) is 18.7 Å². The van der Waals surface area contributed by atoms with E-state index < -0.39 is 0 Å². The molecule has 23 heavy (non-hydrogen) atoms. The highest BCUT2D eigenvalue weighted by molar-refractivity contribution is 8.00. The molecular formula is C15H20N6S2. The van der Waals surface area contributed by atoms with Crippen molar-refractivity contribution in [1.29, 1.82) is 0 Å². The summed E-state index contributed by atoms with van der Waals surface area (Å²) >= 11 is 3.26. The molecule has 8 heteroatoms. The number of hydrogen-bond donors (Lipinski definition) is 1. The van der Waals surface area contributed by atoms with E-state index in [-0.39, 0.29) is 6.04 Å². The third-order valence-electron chi connectivity index (χ3n) is 3.98. The lowest BCUT2D eigenvalue weighted by Gasteiger charge is -2.18. The van der Waals surface area contributed by atoms with Crippen molar-refractivity contribution >= 4 is 39.3 Å². The van der Waals surface area contributed by atoms with Crippen LogP contribution in [0, 0.1) is 13.8 Å². The Morgan fingerprint density at radius 1 is 1.35 bits per heavy atom. The first-order valence-corrected chi connectivity index (χ1v) is 9.51. The van der Waals surface area contributed by atoms with Gasteiger partial charge in [-0.2, -0.15) is 5.10 Å². The zero-order valence-electron chi connectivity index (χ0n) is 13.9. The summed E-state index contributed by atoms with van der Waals surface area (Å²) in [6.45, 7) is 6.33. The zero-order chi connectivity index (χ0) is 16.6. The van der Waals surface area contributed by atoms with E-state index in [1.54, 1.807) is 29.4 Å². The second-order valence-corrected chi connectivity index (χ2v) is 7.42. The molecule has 0 aromatic carbocycles. The molecule has 0 amide bonds. The summed E-state index contributed by atoms with van der Waals surface area (Å²) in [4.78, 5) is 13.2. The van der Waals surface area contributed by atoms with E-state index >= 15 is 0 Å². The van der Waals surface area contributed by atoms with Crippen molar-refractivity contribution in [2.24, 2.45) is 7.05 Å². The van der Waals surface area contributed by atoms with E-state index in [1.807, 2.05) is 18.0 Å². The Kier molecular flexibility index (Phi) is 4.54. The molecule has 0 aliphatic rings. The van der Waals surface area contributed by atoms with Crippen LogP contribution in [0.3, 0.4) is 0 Å². The van der Waals surface area contributed by atoms with E-state index in [4.69, 9.17) is 0 Å². The van der Waals surface area contributed by atoms with Gasteiger partial charge in [0.1, 0.15) is 16.8 Å². The predicted molar refractivity (Wildman–Crippen MR) is 96.3 cm³/mol. The Morgan fingerprint density at radius 2 is 2.13 bits per heavy atom. The molecule has 6 nitrogen and oxygen atoms in total. The molecule has 1 N–H and O–H groups in total. The molecule has 0 aliphatic heterocycles. The maximum atomic E-state index is 4.53. The highest BCUT2D eigenvalue weighted by atomic mass is 32.2. The molecule has 0 bridgehead atoms. The molecule has 0 radical (unpaired) electrons. The number of thioether (sulfide) groups is 1. The smallest absolute Gasteiger partial charge is 0.176 e. The average molecular weight is 349 g/mol. The second kappa shape index (κ2) is 6.45. The minimum absolute atomic E-state index is 0.168. The van der Waals surface area contributed by atoms with Gasteiger partial charge in [0.2, 0.25) is 0 Å². The summed E-state index contributed by atoms with van der Waals surface area (Å²) in [6, 6.07) is 0.168. The summed E-state index contributed by atoms with van der Waals surface area (Å²) in [6.07, 6.45) is 4.55. The van der Waals surface area contributed by atoms with E-state index in [2.05, 4.69) is 46.1 Å². The van der Waals surface area contributed by atoms with Crippen LogP contribution in [0.1, 0.15) is 36.3 Å². The van der Waals surface area contributed by atoms with Crippen molar-refractivity contribution in [2.75, 3.05) is 11.6 Å². The number of anilines is 1. The molecule has 3 aromatic rings. The predicted octanol–water partition coefficient (Wildman–Crippen LogP) is 3.72. The first-order valence-electron chi connectivity index (χ1n) is 7.47. The van der Waals surface area contributed by atoms with Crippen molar-refractivity contribution < 1.29 is 0 Å². The van der Waals surface area contributed by atoms with Gasteiger partial charge in [0.15, 0.2) is 9.99 Å². The molecule has 1 atom stereocenters. The van der Waals surface area contributed by atoms with E-state index in [0.717, 1.165) is 32.6 Å². The highest BCUT2D eigenvalue weighted by Gasteiger charge is 2.20. The lowest BCUT2D eigenvalue weighted by Crippen LogP contribution is -2.13. The van der Waals surface area contributed by atoms with Gasteiger partial charge in [-0.25, -0.2) is 15.0 Å². The van der Waals surface area contributed by atoms with Crippen LogP contribution in [0.15, 0.2) is 10.7 Å². The maximum absolute atomic E-state index is 4.53. The fourth-order valence-corrected chi connectivity index (χ4v) is 4.23. The molecule has 0 aliphatic carbocycles. The highest BCUT2D eigenvalue weighted by Crippen LogP contribution is 2.34. The molecular weight excluding hydrogens is 328 g/mol. The van der Waals surface area contributed by atoms with Crippen LogP contribution in [-0.2, 0) is 7.05 Å². The van der Waals surface area contributed by atoms with Crippen LogP contribution in [0.2, 0.25) is 0 Å². The lowest BCUT2D eigenvalue weighted by molar-refractivity contribution is 0.715. The van der Waals surface area contributed by atoms with E-state index in [1.165, 1.54) is 11.3 Å². The molecule has 122 valence electrons. The van der Waals surface area contributed by atoms with Crippen LogP contribution in [0.4, 0.5) is 5.82 Å². The zero-order valence-corrected chi connectivity index (χ0v) is 15.5. The fraction of sp³-hybridized carbons (Fsp3) is 0.467. The Hall–Kier alpha value is -1.67. The van der Waals surface area contributed by atoms with Gasteiger partial charge in [0.25, 0.3) is 0 Å². The summed E-state index contributed by atoms with van der Waals surface area (Å²) < 4.78 is 3.95. The third-order valence-corrected chi connectivity index (χ3v) is 6.02. The monoisotopic (exact) mass is 348 g/mol. The van der Waals surface area contributed by atoms with Crippen molar-refractivity contribution in [3.63, 3.8) is 0 Å². The number of aryl methyl sites for hydroxylation is 2. The quantitative estimate of drug-likeness (QED) is 0.709. The summed E-state index contributed by atoms with van der Waals surface area (Å²) in [5, 5.41) is 8.11. The Labute approximate surface area is 143 Å². The van der Waals surface area contributed by atoms with Crippen molar-refractivity contribution in [3.8, 4) is 0 Å². The molecule has 0 spiro atoms. The second-order valence-electron chi connectivity index (χ2n) is 5.37. The van der Waals surface area contributed by atoms with Gasteiger partial charge in [-0.3, -0.25) is 4.68 Å². The van der Waals surface area contributed by atoms with Gasteiger partial charge < -0.3 is 5.32 Å². The topological polar surface area (TPSA) is 68.5 Å². The Bertz CT molecular complexity index is 838. The summed E-state index contributed by atoms with van der Waals surface area (Å²) in [5.41, 5.74) is 4.24. The molecule has 1 unspecified atom stereocenters. The number of fused-ring (bicyclic) bond motifs is 1. The first-order chi connectivity index (χ1) is 11.0. The SMILES string of the molecule is CCC(Nc1ncnc2nc(SC)sc12)c1c(C)nn(C)c1C. The van der Waals surface area contributed by atoms with Crippen molar-refractivity contribution in [2.45, 2.75) is 37.6 Å². The number of aromatic nitrogens is 5. The van der Waals surface area contributed by atoms with Crippen LogP contribution in [-0.4, -0.2) is 31.0 Å². The maximum Gasteiger partial charge on any atom is 0.176 e. The minimum Gasteiger partial charge on any atom is -0.362 e. The first kappa shape index (κ1) is 16.2. The molecule has 3 rings (SSSR count). The molecule has 0 saturated carbocycles. The van der Waals surface area contributed by atoms with Gasteiger partial charge in [0.05, 0.1) is 11.7 Å². The van der Waals surface area contributed by atoms with E-state index in [9.17, 15) is 0 Å². The van der Waals surface area contributed by atoms with Crippen molar-refractivity contribution in [1.82, 2.24) is 24.7 Å². The van der Waals surface area contributed by atoms with Gasteiger partial charge in [0, 0.05) is 18.3 Å². The number of nitrogens with one attached hydrogen (secondary N) is 1. The number of rotatable bonds is 5. The average Bonchev–Trinajstić information content (AvgIpc) is 3.07. The normalized spacial score (nSPS) is 12.7. The van der Waals surface area contributed by atoms with Crippen LogP contribution in [0.25, 0.3) is 10.3 Å². The van der Waals surface area contributed by atoms with Crippen LogP contribution in [0.5, 0.6) is 0 Å². The fourth-order valence-electron chi connectivity index (χ4n) is 2.76. The van der Waals surface area contributed by atoms with E-state index in [0.29, 0.717) is 0 Å². The largest absolute Gasteiger partial charge is 0.362 e. The van der Waals surface area contributed by atoms with Crippen LogP contribution >= 0.6 is 23.1 Å². The summed E-state index contributed by atoms with van der Waals surface area (Å²) in [5.74, 6) is 0.849. The lowest BCUT2D eigenvalue weighted by atomic mass is 10.0. The van der Waals surface area contributed by atoms with Gasteiger partial charge in [-0.05, 0) is 26.5 Å². The molecule has 3 heterocycles. The minimum atomic E-state index is 0.168. The standard InChI is InChI=1S/C15H20N6S2/c1-6-10(11-8(2)20-21(4)9(11)3)18-13-12-14(17-7-16-13)19-15(22-5)23-12/h7,10H,6H2,1-5H3,(H,16,17,18). The van der Waals surface area contributed by atoms with Crippen LogP contribution < -0.4 is 5.32 Å². The molecule has 0 saturated heterocycles. The molecule has 0 fully saturated rings. The van der Waals surface area contributed by atoms with Crippen molar-refractivity contribution in [3.05, 3.63) is 23.3 Å². The Morgan fingerprint density at radius 3 is 2.74 bits per heavy atom. The molecule has 3 aromatic heterocycles. The Balaban J connectivity index is 2.00.